The third-order valence-corrected chi connectivity index (χ3v) is 3.70. The Kier molecular flexibility index (Phi) is 5.66. The third kappa shape index (κ3) is 4.23. The predicted molar refractivity (Wildman–Crippen MR) is 92.5 cm³/mol. The number of hydrogen-bond donors (Lipinski definition) is 1. The molecule has 2 rings (SSSR count). The van der Waals surface area contributed by atoms with Crippen LogP contribution < -0.4 is 10.2 Å². The van der Waals surface area contributed by atoms with Crippen molar-refractivity contribution in [2.24, 2.45) is 0 Å². The molecule has 0 aromatic heterocycles. The van der Waals surface area contributed by atoms with Crippen LogP contribution in [0.2, 0.25) is 5.02 Å². The Balaban J connectivity index is 2.23. The van der Waals surface area contributed by atoms with Crippen molar-refractivity contribution < 1.29 is 0 Å². The van der Waals surface area contributed by atoms with E-state index in [1.54, 1.807) is 0 Å². The lowest BCUT2D eigenvalue weighted by atomic mass is 10.1. The van der Waals surface area contributed by atoms with E-state index in [1.165, 1.54) is 5.56 Å². The number of para-hydroxylation sites is 1. The normalized spacial score (nSPS) is 10.9. The zero-order chi connectivity index (χ0) is 15.2. The number of anilines is 2. The summed E-state index contributed by atoms with van der Waals surface area (Å²) in [6.07, 6.45) is 0. The molecule has 21 heavy (non-hydrogen) atoms. The molecule has 0 radical (unpaired) electrons. The first-order chi connectivity index (χ1) is 10.1. The van der Waals surface area contributed by atoms with Gasteiger partial charge in [-0.15, -0.1) is 0 Å². The number of benzene rings is 2. The topological polar surface area (TPSA) is 15.3 Å². The molecule has 0 saturated carbocycles. The molecule has 0 aliphatic carbocycles. The minimum absolute atomic E-state index is 0.472. The van der Waals surface area contributed by atoms with Crippen LogP contribution in [0, 0.1) is 0 Å². The average Bonchev–Trinajstić information content (AvgIpc) is 2.49. The highest BCUT2D eigenvalue weighted by Crippen LogP contribution is 2.32. The van der Waals surface area contributed by atoms with Crippen LogP contribution in [0.15, 0.2) is 48.5 Å². The van der Waals surface area contributed by atoms with E-state index >= 15 is 0 Å². The summed E-state index contributed by atoms with van der Waals surface area (Å²) in [7, 11) is 0. The maximum atomic E-state index is 6.50. The van der Waals surface area contributed by atoms with Gasteiger partial charge in [-0.25, -0.2) is 0 Å². The molecule has 0 fully saturated rings. The minimum Gasteiger partial charge on any atom is -0.341 e. The molecular weight excluding hydrogens is 280 g/mol. The number of hydrogen-bond acceptors (Lipinski definition) is 2. The highest BCUT2D eigenvalue weighted by molar-refractivity contribution is 6.33. The van der Waals surface area contributed by atoms with Gasteiger partial charge in [0.1, 0.15) is 0 Å². The summed E-state index contributed by atoms with van der Waals surface area (Å²) in [5.41, 5.74) is 3.43. The van der Waals surface area contributed by atoms with Crippen LogP contribution in [0.25, 0.3) is 0 Å². The van der Waals surface area contributed by atoms with Gasteiger partial charge in [-0.3, -0.25) is 0 Å². The molecule has 0 bridgehead atoms. The highest BCUT2D eigenvalue weighted by atomic mass is 35.5. The number of nitrogens with zero attached hydrogens (tertiary/aromatic N) is 1. The summed E-state index contributed by atoms with van der Waals surface area (Å²) in [4.78, 5) is 2.22. The molecule has 0 amide bonds. The summed E-state index contributed by atoms with van der Waals surface area (Å²) in [6, 6.07) is 17.1. The quantitative estimate of drug-likeness (QED) is 0.808. The van der Waals surface area contributed by atoms with E-state index in [0.29, 0.717) is 6.04 Å². The van der Waals surface area contributed by atoms with E-state index in [0.717, 1.165) is 29.5 Å². The van der Waals surface area contributed by atoms with Crippen LogP contribution in [-0.4, -0.2) is 12.6 Å². The lowest BCUT2D eigenvalue weighted by Crippen LogP contribution is -2.22. The fourth-order valence-electron chi connectivity index (χ4n) is 2.30. The molecule has 2 aromatic rings. The van der Waals surface area contributed by atoms with Crippen molar-refractivity contribution in [2.75, 3.05) is 11.4 Å². The first kappa shape index (κ1) is 15.9. The molecule has 2 aromatic carbocycles. The van der Waals surface area contributed by atoms with Gasteiger partial charge in [-0.2, -0.15) is 0 Å². The van der Waals surface area contributed by atoms with Gasteiger partial charge in [-0.05, 0) is 36.8 Å². The lowest BCUT2D eigenvalue weighted by molar-refractivity contribution is 0.589. The molecule has 0 atom stereocenters. The largest absolute Gasteiger partial charge is 0.341 e. The van der Waals surface area contributed by atoms with Gasteiger partial charge in [0.05, 0.1) is 10.7 Å². The Bertz CT molecular complexity index is 567. The zero-order valence-electron chi connectivity index (χ0n) is 12.9. The molecule has 1 N–H and O–H groups in total. The summed E-state index contributed by atoms with van der Waals surface area (Å²) in [6.45, 7) is 8.15. The Morgan fingerprint density at radius 1 is 1.10 bits per heavy atom. The van der Waals surface area contributed by atoms with Crippen molar-refractivity contribution in [3.05, 3.63) is 59.1 Å². The van der Waals surface area contributed by atoms with Gasteiger partial charge in [0.25, 0.3) is 0 Å². The lowest BCUT2D eigenvalue weighted by Gasteiger charge is -2.24. The van der Waals surface area contributed by atoms with Crippen LogP contribution in [0.1, 0.15) is 26.3 Å². The fourth-order valence-corrected chi connectivity index (χ4v) is 2.61. The van der Waals surface area contributed by atoms with Gasteiger partial charge >= 0.3 is 0 Å². The summed E-state index contributed by atoms with van der Waals surface area (Å²) >= 11 is 6.50. The fraction of sp³-hybridized carbons (Fsp3) is 0.333. The van der Waals surface area contributed by atoms with E-state index in [1.807, 2.05) is 18.2 Å². The van der Waals surface area contributed by atoms with Gasteiger partial charge in [-0.1, -0.05) is 49.7 Å². The third-order valence-electron chi connectivity index (χ3n) is 3.40. The molecule has 3 heteroatoms. The van der Waals surface area contributed by atoms with Gasteiger partial charge < -0.3 is 10.2 Å². The second kappa shape index (κ2) is 7.48. The number of halogens is 1. The van der Waals surface area contributed by atoms with E-state index in [2.05, 4.69) is 61.3 Å². The van der Waals surface area contributed by atoms with Crippen molar-refractivity contribution in [3.63, 3.8) is 0 Å². The van der Waals surface area contributed by atoms with Gasteiger partial charge in [0.2, 0.25) is 0 Å². The monoisotopic (exact) mass is 302 g/mol. The van der Waals surface area contributed by atoms with Crippen LogP contribution >= 0.6 is 11.6 Å². The van der Waals surface area contributed by atoms with Crippen molar-refractivity contribution in [1.29, 1.82) is 0 Å². The Labute approximate surface area is 132 Å². The van der Waals surface area contributed by atoms with Crippen molar-refractivity contribution in [3.8, 4) is 0 Å². The average molecular weight is 303 g/mol. The maximum absolute atomic E-state index is 6.50. The van der Waals surface area contributed by atoms with Gasteiger partial charge in [0.15, 0.2) is 0 Å². The molecular formula is C18H23ClN2. The molecule has 0 unspecified atom stereocenters. The molecule has 0 heterocycles. The van der Waals surface area contributed by atoms with Crippen LogP contribution in [-0.2, 0) is 6.54 Å². The molecule has 0 spiro atoms. The first-order valence-corrected chi connectivity index (χ1v) is 7.84. The molecule has 0 aliphatic rings. The maximum Gasteiger partial charge on any atom is 0.0646 e. The molecule has 0 saturated heterocycles. The Morgan fingerprint density at radius 3 is 2.38 bits per heavy atom. The van der Waals surface area contributed by atoms with E-state index in [4.69, 9.17) is 11.6 Å². The van der Waals surface area contributed by atoms with Crippen molar-refractivity contribution in [2.45, 2.75) is 33.4 Å². The molecule has 112 valence electrons. The molecule has 2 nitrogen and oxygen atoms in total. The van der Waals surface area contributed by atoms with Crippen LogP contribution in [0.3, 0.4) is 0 Å². The summed E-state index contributed by atoms with van der Waals surface area (Å²) in [5, 5.41) is 4.21. The van der Waals surface area contributed by atoms with Gasteiger partial charge in [0, 0.05) is 24.8 Å². The van der Waals surface area contributed by atoms with E-state index in [9.17, 15) is 0 Å². The SMILES string of the molecule is CCN(c1ccccc1)c1ccc(CNC(C)C)cc1Cl. The standard InChI is InChI=1S/C18H23ClN2/c1-4-21(16-8-6-5-7-9-16)18-11-10-15(12-17(18)19)13-20-14(2)3/h5-12,14,20H,4,13H2,1-3H3. The van der Waals surface area contributed by atoms with Crippen LogP contribution in [0.5, 0.6) is 0 Å². The second-order valence-electron chi connectivity index (χ2n) is 5.40. The number of nitrogens with one attached hydrogen (secondary N) is 1. The predicted octanol–water partition coefficient (Wildman–Crippen LogP) is 5.00. The first-order valence-electron chi connectivity index (χ1n) is 7.46. The van der Waals surface area contributed by atoms with Crippen LogP contribution in [0.4, 0.5) is 11.4 Å². The van der Waals surface area contributed by atoms with E-state index < -0.39 is 0 Å². The van der Waals surface area contributed by atoms with Crippen molar-refractivity contribution >= 4 is 23.0 Å². The second-order valence-corrected chi connectivity index (χ2v) is 5.81. The van der Waals surface area contributed by atoms with Crippen molar-refractivity contribution in [1.82, 2.24) is 5.32 Å². The summed E-state index contributed by atoms with van der Waals surface area (Å²) in [5.74, 6) is 0. The van der Waals surface area contributed by atoms with E-state index in [-0.39, 0.29) is 0 Å². The number of rotatable bonds is 6. The highest BCUT2D eigenvalue weighted by Gasteiger charge is 2.11. The summed E-state index contributed by atoms with van der Waals surface area (Å²) < 4.78 is 0. The zero-order valence-corrected chi connectivity index (χ0v) is 13.7. The smallest absolute Gasteiger partial charge is 0.0646 e. The minimum atomic E-state index is 0.472. The Hall–Kier alpha value is -1.51. The molecule has 0 aliphatic heterocycles. The Morgan fingerprint density at radius 2 is 1.81 bits per heavy atom.